The molecular weight excluding hydrogens is 332 g/mol. The lowest BCUT2D eigenvalue weighted by Crippen LogP contribution is -2.38. The third kappa shape index (κ3) is 3.08. The molecule has 2 aromatic heterocycles. The van der Waals surface area contributed by atoms with Gasteiger partial charge in [0, 0.05) is 31.1 Å². The molecule has 1 aromatic carbocycles. The molecule has 26 heavy (non-hydrogen) atoms. The smallest absolute Gasteiger partial charge is 0.253 e. The topological polar surface area (TPSA) is 99.9 Å². The third-order valence-corrected chi connectivity index (χ3v) is 4.97. The van der Waals surface area contributed by atoms with E-state index in [-0.39, 0.29) is 12.5 Å². The van der Waals surface area contributed by atoms with Crippen molar-refractivity contribution in [1.82, 2.24) is 29.6 Å². The molecular formula is C18H22N6O2. The van der Waals surface area contributed by atoms with Crippen molar-refractivity contribution in [1.29, 1.82) is 0 Å². The van der Waals surface area contributed by atoms with E-state index in [0.717, 1.165) is 35.5 Å². The van der Waals surface area contributed by atoms with Crippen molar-refractivity contribution in [2.75, 3.05) is 19.7 Å². The second-order valence-electron chi connectivity index (χ2n) is 6.71. The predicted molar refractivity (Wildman–Crippen MR) is 95.8 cm³/mol. The fourth-order valence-electron chi connectivity index (χ4n) is 3.55. The number of H-pyrrole nitrogens is 1. The molecule has 0 aliphatic carbocycles. The largest absolute Gasteiger partial charge is 0.395 e. The number of aliphatic hydroxyl groups excluding tert-OH is 1. The maximum absolute atomic E-state index is 12.8. The average molecular weight is 354 g/mol. The SMILES string of the molecule is Cc1nc(C2CCN(C(=O)c3ccc4c(c3)ncn4CCO)CC2)n[nH]1. The lowest BCUT2D eigenvalue weighted by atomic mass is 9.95. The van der Waals surface area contributed by atoms with Gasteiger partial charge in [0.25, 0.3) is 5.91 Å². The summed E-state index contributed by atoms with van der Waals surface area (Å²) in [4.78, 5) is 23.5. The van der Waals surface area contributed by atoms with Gasteiger partial charge in [-0.05, 0) is 38.0 Å². The Balaban J connectivity index is 1.45. The maximum atomic E-state index is 12.8. The Morgan fingerprint density at radius 2 is 2.15 bits per heavy atom. The van der Waals surface area contributed by atoms with Gasteiger partial charge in [0.05, 0.1) is 24.0 Å². The number of aliphatic hydroxyl groups is 1. The van der Waals surface area contributed by atoms with Gasteiger partial charge in [-0.2, -0.15) is 5.10 Å². The Morgan fingerprint density at radius 1 is 1.35 bits per heavy atom. The summed E-state index contributed by atoms with van der Waals surface area (Å²) in [5.41, 5.74) is 2.35. The second-order valence-corrected chi connectivity index (χ2v) is 6.71. The number of hydrogen-bond donors (Lipinski definition) is 2. The number of aryl methyl sites for hydroxylation is 1. The number of likely N-dealkylation sites (tertiary alicyclic amines) is 1. The molecule has 1 aliphatic rings. The molecule has 8 heteroatoms. The molecule has 2 N–H and O–H groups in total. The Morgan fingerprint density at radius 3 is 2.85 bits per heavy atom. The summed E-state index contributed by atoms with van der Waals surface area (Å²) in [7, 11) is 0. The number of carbonyl (C=O) groups excluding carboxylic acids is 1. The van der Waals surface area contributed by atoms with Crippen LogP contribution in [0.15, 0.2) is 24.5 Å². The summed E-state index contributed by atoms with van der Waals surface area (Å²) in [5, 5.41) is 16.2. The molecule has 0 atom stereocenters. The molecule has 4 rings (SSSR count). The highest BCUT2D eigenvalue weighted by molar-refractivity contribution is 5.97. The highest BCUT2D eigenvalue weighted by atomic mass is 16.3. The van der Waals surface area contributed by atoms with Crippen molar-refractivity contribution in [2.45, 2.75) is 32.2 Å². The van der Waals surface area contributed by atoms with Crippen molar-refractivity contribution in [3.63, 3.8) is 0 Å². The van der Waals surface area contributed by atoms with Gasteiger partial charge in [0.15, 0.2) is 5.82 Å². The summed E-state index contributed by atoms with van der Waals surface area (Å²) in [6.07, 6.45) is 3.44. The first kappa shape index (κ1) is 16.7. The minimum Gasteiger partial charge on any atom is -0.395 e. The van der Waals surface area contributed by atoms with Crippen molar-refractivity contribution >= 4 is 16.9 Å². The first-order valence-electron chi connectivity index (χ1n) is 8.89. The van der Waals surface area contributed by atoms with Gasteiger partial charge in [0.1, 0.15) is 5.82 Å². The number of carbonyl (C=O) groups is 1. The first-order chi connectivity index (χ1) is 12.7. The predicted octanol–water partition coefficient (Wildman–Crippen LogP) is 1.47. The van der Waals surface area contributed by atoms with E-state index in [4.69, 9.17) is 5.11 Å². The second kappa shape index (κ2) is 6.87. The number of imidazole rings is 1. The maximum Gasteiger partial charge on any atom is 0.253 e. The molecule has 136 valence electrons. The van der Waals surface area contributed by atoms with Gasteiger partial charge in [-0.25, -0.2) is 9.97 Å². The van der Waals surface area contributed by atoms with E-state index in [1.165, 1.54) is 0 Å². The van der Waals surface area contributed by atoms with Gasteiger partial charge in [-0.3, -0.25) is 9.89 Å². The minimum atomic E-state index is 0.0354. The number of amides is 1. The highest BCUT2D eigenvalue weighted by Gasteiger charge is 2.26. The van der Waals surface area contributed by atoms with E-state index < -0.39 is 0 Å². The van der Waals surface area contributed by atoms with E-state index >= 15 is 0 Å². The van der Waals surface area contributed by atoms with E-state index in [2.05, 4.69) is 20.2 Å². The zero-order valence-electron chi connectivity index (χ0n) is 14.7. The zero-order chi connectivity index (χ0) is 18.1. The molecule has 3 heterocycles. The fourth-order valence-corrected chi connectivity index (χ4v) is 3.55. The lowest BCUT2D eigenvalue weighted by molar-refractivity contribution is 0.0711. The van der Waals surface area contributed by atoms with Crippen LogP contribution in [0.1, 0.15) is 40.8 Å². The van der Waals surface area contributed by atoms with Crippen LogP contribution in [0.4, 0.5) is 0 Å². The number of piperidine rings is 1. The van der Waals surface area contributed by atoms with Crippen LogP contribution in [0.25, 0.3) is 11.0 Å². The Labute approximate surface area is 150 Å². The highest BCUT2D eigenvalue weighted by Crippen LogP contribution is 2.26. The number of nitrogens with zero attached hydrogens (tertiary/aromatic N) is 5. The molecule has 0 bridgehead atoms. The van der Waals surface area contributed by atoms with Crippen LogP contribution in [0, 0.1) is 6.92 Å². The van der Waals surface area contributed by atoms with Gasteiger partial charge in [-0.15, -0.1) is 0 Å². The zero-order valence-corrected chi connectivity index (χ0v) is 14.7. The average Bonchev–Trinajstić information content (AvgIpc) is 3.28. The van der Waals surface area contributed by atoms with E-state index in [0.29, 0.717) is 31.1 Å². The molecule has 1 amide bonds. The number of aromatic amines is 1. The summed E-state index contributed by atoms with van der Waals surface area (Å²) in [5.74, 6) is 2.02. The monoisotopic (exact) mass is 354 g/mol. The lowest BCUT2D eigenvalue weighted by Gasteiger charge is -2.30. The Hall–Kier alpha value is -2.74. The number of hydrogen-bond acceptors (Lipinski definition) is 5. The Bertz CT molecular complexity index is 923. The van der Waals surface area contributed by atoms with Crippen LogP contribution in [0.3, 0.4) is 0 Å². The van der Waals surface area contributed by atoms with E-state index in [9.17, 15) is 4.79 Å². The standard InChI is InChI=1S/C18H22N6O2/c1-12-20-17(22-21-12)13-4-6-23(7-5-13)18(26)14-2-3-16-15(10-14)19-11-24(16)8-9-25/h2-3,10-11,13,25H,4-9H2,1H3,(H,20,21,22). The quantitative estimate of drug-likeness (QED) is 0.739. The normalized spacial score (nSPS) is 15.7. The number of nitrogens with one attached hydrogen (secondary N) is 1. The van der Waals surface area contributed by atoms with Crippen LogP contribution >= 0.6 is 0 Å². The third-order valence-electron chi connectivity index (χ3n) is 4.97. The summed E-state index contributed by atoms with van der Waals surface area (Å²) >= 11 is 0. The fraction of sp³-hybridized carbons (Fsp3) is 0.444. The van der Waals surface area contributed by atoms with Gasteiger partial charge in [0.2, 0.25) is 0 Å². The van der Waals surface area contributed by atoms with Crippen molar-refractivity contribution in [2.24, 2.45) is 0 Å². The molecule has 8 nitrogen and oxygen atoms in total. The molecule has 0 radical (unpaired) electrons. The minimum absolute atomic E-state index is 0.0354. The van der Waals surface area contributed by atoms with E-state index in [1.807, 2.05) is 34.6 Å². The van der Waals surface area contributed by atoms with Gasteiger partial charge in [-0.1, -0.05) is 0 Å². The van der Waals surface area contributed by atoms with Crippen LogP contribution in [0.5, 0.6) is 0 Å². The number of benzene rings is 1. The van der Waals surface area contributed by atoms with Crippen LogP contribution in [-0.2, 0) is 6.54 Å². The number of aromatic nitrogens is 5. The molecule has 1 saturated heterocycles. The van der Waals surface area contributed by atoms with Crippen molar-refractivity contribution in [3.8, 4) is 0 Å². The first-order valence-corrected chi connectivity index (χ1v) is 8.89. The summed E-state index contributed by atoms with van der Waals surface area (Å²) in [6.45, 7) is 3.86. The van der Waals surface area contributed by atoms with Crippen LogP contribution in [0.2, 0.25) is 0 Å². The summed E-state index contributed by atoms with van der Waals surface area (Å²) < 4.78 is 1.88. The van der Waals surface area contributed by atoms with Crippen LogP contribution < -0.4 is 0 Å². The number of rotatable bonds is 4. The molecule has 3 aromatic rings. The van der Waals surface area contributed by atoms with Crippen LogP contribution in [-0.4, -0.2) is 60.3 Å². The summed E-state index contributed by atoms with van der Waals surface area (Å²) in [6, 6.07) is 5.57. The van der Waals surface area contributed by atoms with Gasteiger partial charge >= 0.3 is 0 Å². The van der Waals surface area contributed by atoms with Crippen molar-refractivity contribution < 1.29 is 9.90 Å². The van der Waals surface area contributed by atoms with Gasteiger partial charge < -0.3 is 14.6 Å². The molecule has 0 spiro atoms. The Kier molecular flexibility index (Phi) is 4.42. The molecule has 0 unspecified atom stereocenters. The molecule has 0 saturated carbocycles. The molecule has 1 fully saturated rings. The molecule has 1 aliphatic heterocycles. The number of fused-ring (bicyclic) bond motifs is 1. The van der Waals surface area contributed by atoms with E-state index in [1.54, 1.807) is 6.33 Å². The van der Waals surface area contributed by atoms with Crippen molar-refractivity contribution in [3.05, 3.63) is 41.7 Å².